The summed E-state index contributed by atoms with van der Waals surface area (Å²) >= 11 is 0. The highest BCUT2D eigenvalue weighted by Crippen LogP contribution is 2.28. The maximum Gasteiger partial charge on any atom is 0.410 e. The van der Waals surface area contributed by atoms with Gasteiger partial charge in [0, 0.05) is 20.1 Å². The van der Waals surface area contributed by atoms with Crippen molar-refractivity contribution in [2.45, 2.75) is 51.3 Å². The normalized spacial score (nSPS) is 22.8. The summed E-state index contributed by atoms with van der Waals surface area (Å²) in [6.07, 6.45) is 0.532. The highest BCUT2D eigenvalue weighted by molar-refractivity contribution is 5.87. The summed E-state index contributed by atoms with van der Waals surface area (Å²) < 4.78 is 5.20. The number of ether oxygens (including phenoxy) is 1. The SMILES string of the molecule is CN(CCONC(=O)[C@@H]1CC[C@@H]2CN1C(=O)N2O)C(=O)OC(C)(C)C. The van der Waals surface area contributed by atoms with Gasteiger partial charge in [0.25, 0.3) is 5.91 Å². The average Bonchev–Trinajstić information content (AvgIpc) is 2.74. The van der Waals surface area contributed by atoms with E-state index < -0.39 is 29.7 Å². The van der Waals surface area contributed by atoms with Crippen molar-refractivity contribution >= 4 is 18.0 Å². The van der Waals surface area contributed by atoms with E-state index in [4.69, 9.17) is 9.57 Å². The quantitative estimate of drug-likeness (QED) is 0.422. The van der Waals surface area contributed by atoms with Crippen LogP contribution in [0.1, 0.15) is 33.6 Å². The van der Waals surface area contributed by atoms with Crippen LogP contribution in [0.25, 0.3) is 0 Å². The Labute approximate surface area is 146 Å². The molecule has 0 unspecified atom stereocenters. The molecule has 0 radical (unpaired) electrons. The molecule has 25 heavy (non-hydrogen) atoms. The Morgan fingerprint density at radius 2 is 2.04 bits per heavy atom. The number of rotatable bonds is 5. The molecule has 2 bridgehead atoms. The maximum absolute atomic E-state index is 12.2. The molecule has 10 heteroatoms. The Hall–Kier alpha value is -2.07. The monoisotopic (exact) mass is 358 g/mol. The largest absolute Gasteiger partial charge is 0.444 e. The standard InChI is InChI=1S/C15H26N4O6/c1-15(2,3)25-14(22)17(4)7-8-24-16-12(20)11-6-5-10-9-18(11)13(21)19(10)23/h10-11,23H,5-9H2,1-4H3,(H,16,20)/t10-,11+/m1/s1. The van der Waals surface area contributed by atoms with Crippen molar-refractivity contribution in [3.05, 3.63) is 0 Å². The summed E-state index contributed by atoms with van der Waals surface area (Å²) in [5.74, 6) is -0.443. The maximum atomic E-state index is 12.2. The summed E-state index contributed by atoms with van der Waals surface area (Å²) in [7, 11) is 1.57. The van der Waals surface area contributed by atoms with Gasteiger partial charge in [0.05, 0.1) is 12.6 Å². The van der Waals surface area contributed by atoms with Gasteiger partial charge in [0.2, 0.25) is 0 Å². The zero-order chi connectivity index (χ0) is 18.8. The third-order valence-corrected chi connectivity index (χ3v) is 4.05. The summed E-state index contributed by atoms with van der Waals surface area (Å²) in [6.45, 7) is 5.97. The van der Waals surface area contributed by atoms with Crippen molar-refractivity contribution in [3.63, 3.8) is 0 Å². The second-order valence-corrected chi connectivity index (χ2v) is 7.24. The van der Waals surface area contributed by atoms with Gasteiger partial charge in [0.1, 0.15) is 11.6 Å². The van der Waals surface area contributed by atoms with Crippen LogP contribution in [0.2, 0.25) is 0 Å². The lowest BCUT2D eigenvalue weighted by Gasteiger charge is -2.29. The number of piperidine rings is 1. The molecular weight excluding hydrogens is 332 g/mol. The van der Waals surface area contributed by atoms with Gasteiger partial charge >= 0.3 is 12.1 Å². The molecule has 2 atom stereocenters. The second kappa shape index (κ2) is 7.44. The van der Waals surface area contributed by atoms with Crippen LogP contribution in [0.4, 0.5) is 9.59 Å². The third kappa shape index (κ3) is 4.73. The van der Waals surface area contributed by atoms with Gasteiger partial charge < -0.3 is 14.5 Å². The lowest BCUT2D eigenvalue weighted by Crippen LogP contribution is -2.50. The van der Waals surface area contributed by atoms with Crippen LogP contribution in [0.5, 0.6) is 0 Å². The van der Waals surface area contributed by atoms with Gasteiger partial charge in [0.15, 0.2) is 0 Å². The molecule has 2 N–H and O–H groups in total. The van der Waals surface area contributed by atoms with Gasteiger partial charge in [-0.05, 0) is 33.6 Å². The molecule has 2 aliphatic heterocycles. The van der Waals surface area contributed by atoms with E-state index in [1.807, 2.05) is 0 Å². The number of hydrogen-bond donors (Lipinski definition) is 2. The predicted molar refractivity (Wildman–Crippen MR) is 85.5 cm³/mol. The molecule has 10 nitrogen and oxygen atoms in total. The smallest absolute Gasteiger partial charge is 0.410 e. The molecule has 2 saturated heterocycles. The highest BCUT2D eigenvalue weighted by atomic mass is 16.7. The molecule has 142 valence electrons. The number of carbonyl (C=O) groups excluding carboxylic acids is 3. The van der Waals surface area contributed by atoms with E-state index in [-0.39, 0.29) is 19.2 Å². The number of amides is 4. The first kappa shape index (κ1) is 19.3. The van der Waals surface area contributed by atoms with Crippen LogP contribution in [0.15, 0.2) is 0 Å². The minimum absolute atomic E-state index is 0.0803. The summed E-state index contributed by atoms with van der Waals surface area (Å²) in [6, 6.07) is -1.48. The number of hydroxylamine groups is 3. The average molecular weight is 358 g/mol. The summed E-state index contributed by atoms with van der Waals surface area (Å²) in [5.41, 5.74) is 1.72. The van der Waals surface area contributed by atoms with E-state index in [9.17, 15) is 19.6 Å². The molecule has 2 fully saturated rings. The Morgan fingerprint density at radius 1 is 1.36 bits per heavy atom. The minimum atomic E-state index is -0.663. The topological polar surface area (TPSA) is 112 Å². The third-order valence-electron chi connectivity index (χ3n) is 4.05. The molecule has 4 amide bonds. The fourth-order valence-corrected chi connectivity index (χ4v) is 2.73. The van der Waals surface area contributed by atoms with Gasteiger partial charge in [-0.2, -0.15) is 0 Å². The van der Waals surface area contributed by atoms with Gasteiger partial charge in [-0.25, -0.2) is 20.1 Å². The van der Waals surface area contributed by atoms with E-state index in [0.717, 1.165) is 0 Å². The zero-order valence-corrected chi connectivity index (χ0v) is 15.0. The van der Waals surface area contributed by atoms with E-state index in [0.29, 0.717) is 24.4 Å². The highest BCUT2D eigenvalue weighted by Gasteiger charge is 2.46. The Morgan fingerprint density at radius 3 is 2.68 bits per heavy atom. The Bertz CT molecular complexity index is 535. The van der Waals surface area contributed by atoms with Crippen molar-refractivity contribution in [1.29, 1.82) is 0 Å². The molecule has 0 saturated carbocycles. The van der Waals surface area contributed by atoms with Gasteiger partial charge in [-0.1, -0.05) is 0 Å². The Balaban J connectivity index is 1.71. The fourth-order valence-electron chi connectivity index (χ4n) is 2.73. The summed E-state index contributed by atoms with van der Waals surface area (Å²) in [5, 5.41) is 10.3. The molecule has 2 aliphatic rings. The van der Waals surface area contributed by atoms with Crippen molar-refractivity contribution in [1.82, 2.24) is 20.3 Å². The molecule has 0 aromatic carbocycles. The van der Waals surface area contributed by atoms with Crippen LogP contribution in [0, 0.1) is 0 Å². The molecule has 0 aliphatic carbocycles. The van der Waals surface area contributed by atoms with E-state index >= 15 is 0 Å². The number of nitrogens with zero attached hydrogens (tertiary/aromatic N) is 3. The lowest BCUT2D eigenvalue weighted by atomic mass is 10.0. The number of hydrogen-bond acceptors (Lipinski definition) is 6. The van der Waals surface area contributed by atoms with Crippen LogP contribution in [-0.4, -0.2) is 82.5 Å². The van der Waals surface area contributed by atoms with Gasteiger partial charge in [-0.3, -0.25) is 14.8 Å². The van der Waals surface area contributed by atoms with E-state index in [1.54, 1.807) is 27.8 Å². The lowest BCUT2D eigenvalue weighted by molar-refractivity contribution is -0.139. The molecule has 2 heterocycles. The van der Waals surface area contributed by atoms with Crippen LogP contribution < -0.4 is 5.48 Å². The molecule has 0 aromatic rings. The molecule has 0 aromatic heterocycles. The van der Waals surface area contributed by atoms with Crippen molar-refractivity contribution in [3.8, 4) is 0 Å². The molecular formula is C15H26N4O6. The minimum Gasteiger partial charge on any atom is -0.444 e. The number of carbonyl (C=O) groups is 3. The number of urea groups is 1. The van der Waals surface area contributed by atoms with Crippen molar-refractivity contribution in [2.24, 2.45) is 0 Å². The van der Waals surface area contributed by atoms with Gasteiger partial charge in [-0.15, -0.1) is 0 Å². The van der Waals surface area contributed by atoms with Crippen molar-refractivity contribution < 1.29 is 29.2 Å². The van der Waals surface area contributed by atoms with Crippen molar-refractivity contribution in [2.75, 3.05) is 26.7 Å². The first-order chi connectivity index (χ1) is 11.6. The molecule has 0 spiro atoms. The first-order valence-corrected chi connectivity index (χ1v) is 8.24. The van der Waals surface area contributed by atoms with Crippen LogP contribution in [-0.2, 0) is 14.4 Å². The van der Waals surface area contributed by atoms with E-state index in [2.05, 4.69) is 5.48 Å². The number of likely N-dealkylation sites (N-methyl/N-ethyl adjacent to an activating group) is 1. The zero-order valence-electron chi connectivity index (χ0n) is 15.0. The van der Waals surface area contributed by atoms with Crippen LogP contribution in [0.3, 0.4) is 0 Å². The number of fused-ring (bicyclic) bond motifs is 2. The van der Waals surface area contributed by atoms with E-state index in [1.165, 1.54) is 9.80 Å². The van der Waals surface area contributed by atoms with Crippen LogP contribution >= 0.6 is 0 Å². The fraction of sp³-hybridized carbons (Fsp3) is 0.800. The Kier molecular flexibility index (Phi) is 5.73. The summed E-state index contributed by atoms with van der Waals surface area (Å²) in [4.78, 5) is 43.6. The number of nitrogens with one attached hydrogen (secondary N) is 1. The molecule has 2 rings (SSSR count). The first-order valence-electron chi connectivity index (χ1n) is 8.24. The second-order valence-electron chi connectivity index (χ2n) is 7.24. The predicted octanol–water partition coefficient (Wildman–Crippen LogP) is 0.559.